The predicted molar refractivity (Wildman–Crippen MR) is 104 cm³/mol. The number of aromatic nitrogens is 1. The molecule has 1 aromatic carbocycles. The Labute approximate surface area is 159 Å². The van der Waals surface area contributed by atoms with Gasteiger partial charge in [-0.1, -0.05) is 19.8 Å². The van der Waals surface area contributed by atoms with Crippen LogP contribution in [0.2, 0.25) is 0 Å². The van der Waals surface area contributed by atoms with Crippen LogP contribution in [-0.2, 0) is 0 Å². The van der Waals surface area contributed by atoms with Crippen LogP contribution >= 0.6 is 0 Å². The molecule has 0 bridgehead atoms. The second-order valence-electron chi connectivity index (χ2n) is 5.91. The Hall–Kier alpha value is -3.09. The zero-order valence-corrected chi connectivity index (χ0v) is 15.9. The second kappa shape index (κ2) is 10.2. The normalized spacial score (nSPS) is 10.2. The lowest BCUT2D eigenvalue weighted by molar-refractivity contribution is 0.0948. The number of hydrogen-bond donors (Lipinski definition) is 2. The number of pyridine rings is 1. The summed E-state index contributed by atoms with van der Waals surface area (Å²) in [6.45, 7) is 2.69. The first-order valence-electron chi connectivity index (χ1n) is 8.86. The summed E-state index contributed by atoms with van der Waals surface area (Å²) in [7, 11) is 3.07. The Morgan fingerprint density at radius 3 is 2.56 bits per heavy atom. The summed E-state index contributed by atoms with van der Waals surface area (Å²) in [5.74, 6) is 0.449. The Morgan fingerprint density at radius 1 is 1.04 bits per heavy atom. The van der Waals surface area contributed by atoms with Crippen molar-refractivity contribution in [1.82, 2.24) is 10.3 Å². The fourth-order valence-electron chi connectivity index (χ4n) is 2.46. The molecule has 0 saturated heterocycles. The topological polar surface area (TPSA) is 89.6 Å². The average Bonchev–Trinajstić information content (AvgIpc) is 2.71. The summed E-state index contributed by atoms with van der Waals surface area (Å²) in [5, 5.41) is 5.59. The summed E-state index contributed by atoms with van der Waals surface area (Å²) >= 11 is 0. The van der Waals surface area contributed by atoms with Crippen molar-refractivity contribution >= 4 is 17.5 Å². The number of hydrogen-bond acceptors (Lipinski definition) is 5. The molecule has 1 heterocycles. The van der Waals surface area contributed by atoms with E-state index < -0.39 is 0 Å². The number of amides is 2. The van der Waals surface area contributed by atoms with Crippen LogP contribution in [0.3, 0.4) is 0 Å². The standard InChI is InChI=1S/C20H25N3O4/c1-4-5-6-10-22-20(25)17-12-14(9-11-21-17)19(24)23-16-8-7-15(26-2)13-18(16)27-3/h7-9,11-13H,4-6,10H2,1-3H3,(H,22,25)(H,23,24). The second-order valence-corrected chi connectivity index (χ2v) is 5.91. The largest absolute Gasteiger partial charge is 0.497 e. The van der Waals surface area contributed by atoms with Crippen molar-refractivity contribution in [3.63, 3.8) is 0 Å². The molecule has 0 unspecified atom stereocenters. The highest BCUT2D eigenvalue weighted by Crippen LogP contribution is 2.29. The molecule has 2 amide bonds. The Kier molecular flexibility index (Phi) is 7.61. The van der Waals surface area contributed by atoms with Gasteiger partial charge < -0.3 is 20.1 Å². The molecule has 2 N–H and O–H groups in total. The number of nitrogens with zero attached hydrogens (tertiary/aromatic N) is 1. The Bertz CT molecular complexity index is 793. The Balaban J connectivity index is 2.08. The van der Waals surface area contributed by atoms with Gasteiger partial charge in [-0.25, -0.2) is 0 Å². The highest BCUT2D eigenvalue weighted by molar-refractivity contribution is 6.06. The molecular weight excluding hydrogens is 346 g/mol. The quantitative estimate of drug-likeness (QED) is 0.660. The average molecular weight is 371 g/mol. The molecular formula is C20H25N3O4. The molecule has 0 atom stereocenters. The number of ether oxygens (including phenoxy) is 2. The van der Waals surface area contributed by atoms with Crippen LogP contribution in [0.4, 0.5) is 5.69 Å². The lowest BCUT2D eigenvalue weighted by atomic mass is 10.2. The van der Waals surface area contributed by atoms with Crippen LogP contribution in [0, 0.1) is 0 Å². The van der Waals surface area contributed by atoms with E-state index in [-0.39, 0.29) is 17.5 Å². The summed E-state index contributed by atoms with van der Waals surface area (Å²) in [6, 6.07) is 8.12. The minimum atomic E-state index is -0.360. The van der Waals surface area contributed by atoms with E-state index in [9.17, 15) is 9.59 Å². The van der Waals surface area contributed by atoms with Crippen LogP contribution in [0.5, 0.6) is 11.5 Å². The van der Waals surface area contributed by atoms with Crippen molar-refractivity contribution < 1.29 is 19.1 Å². The number of unbranched alkanes of at least 4 members (excludes halogenated alkanes) is 2. The third-order valence-electron chi connectivity index (χ3n) is 3.98. The number of anilines is 1. The van der Waals surface area contributed by atoms with Gasteiger partial charge >= 0.3 is 0 Å². The molecule has 1 aromatic heterocycles. The van der Waals surface area contributed by atoms with E-state index in [1.165, 1.54) is 19.4 Å². The molecule has 0 aliphatic heterocycles. The lowest BCUT2D eigenvalue weighted by Gasteiger charge is -2.12. The van der Waals surface area contributed by atoms with Gasteiger partial charge in [0.15, 0.2) is 0 Å². The summed E-state index contributed by atoms with van der Waals surface area (Å²) in [5.41, 5.74) is 1.05. The van der Waals surface area contributed by atoms with E-state index in [1.54, 1.807) is 31.4 Å². The van der Waals surface area contributed by atoms with Crippen LogP contribution in [-0.4, -0.2) is 37.6 Å². The van der Waals surface area contributed by atoms with Crippen LogP contribution < -0.4 is 20.1 Å². The van der Waals surface area contributed by atoms with Crippen molar-refractivity contribution in [2.75, 3.05) is 26.1 Å². The molecule has 7 nitrogen and oxygen atoms in total. The molecule has 0 aliphatic rings. The van der Waals surface area contributed by atoms with Crippen molar-refractivity contribution in [3.05, 3.63) is 47.8 Å². The van der Waals surface area contributed by atoms with E-state index in [4.69, 9.17) is 9.47 Å². The molecule has 0 aliphatic carbocycles. The maximum atomic E-state index is 12.6. The van der Waals surface area contributed by atoms with Crippen molar-refractivity contribution in [2.24, 2.45) is 0 Å². The van der Waals surface area contributed by atoms with Crippen LogP contribution in [0.15, 0.2) is 36.5 Å². The van der Waals surface area contributed by atoms with E-state index in [1.807, 2.05) is 0 Å². The highest BCUT2D eigenvalue weighted by atomic mass is 16.5. The van der Waals surface area contributed by atoms with Gasteiger partial charge in [0.2, 0.25) is 0 Å². The molecule has 2 aromatic rings. The van der Waals surface area contributed by atoms with Crippen molar-refractivity contribution in [2.45, 2.75) is 26.2 Å². The van der Waals surface area contributed by atoms with E-state index in [0.717, 1.165) is 19.3 Å². The zero-order valence-electron chi connectivity index (χ0n) is 15.9. The summed E-state index contributed by atoms with van der Waals surface area (Å²) < 4.78 is 10.4. The third-order valence-corrected chi connectivity index (χ3v) is 3.98. The smallest absolute Gasteiger partial charge is 0.269 e. The number of methoxy groups -OCH3 is 2. The van der Waals surface area contributed by atoms with Gasteiger partial charge in [0.1, 0.15) is 17.2 Å². The predicted octanol–water partition coefficient (Wildman–Crippen LogP) is 3.27. The van der Waals surface area contributed by atoms with Gasteiger partial charge in [-0.05, 0) is 30.7 Å². The highest BCUT2D eigenvalue weighted by Gasteiger charge is 2.14. The van der Waals surface area contributed by atoms with Gasteiger partial charge in [0.25, 0.3) is 11.8 Å². The fraction of sp³-hybridized carbons (Fsp3) is 0.350. The van der Waals surface area contributed by atoms with Crippen LogP contribution in [0.25, 0.3) is 0 Å². The molecule has 0 fully saturated rings. The number of benzene rings is 1. The van der Waals surface area contributed by atoms with Gasteiger partial charge in [-0.3, -0.25) is 14.6 Å². The number of carbonyl (C=O) groups is 2. The lowest BCUT2D eigenvalue weighted by Crippen LogP contribution is -2.26. The fourth-order valence-corrected chi connectivity index (χ4v) is 2.46. The molecule has 0 saturated carbocycles. The van der Waals surface area contributed by atoms with Crippen molar-refractivity contribution in [3.8, 4) is 11.5 Å². The van der Waals surface area contributed by atoms with E-state index in [0.29, 0.717) is 29.3 Å². The van der Waals surface area contributed by atoms with E-state index >= 15 is 0 Å². The third kappa shape index (κ3) is 5.70. The Morgan fingerprint density at radius 2 is 1.85 bits per heavy atom. The maximum absolute atomic E-state index is 12.6. The van der Waals surface area contributed by atoms with Gasteiger partial charge in [0.05, 0.1) is 19.9 Å². The zero-order chi connectivity index (χ0) is 19.6. The minimum absolute atomic E-state index is 0.209. The van der Waals surface area contributed by atoms with Gasteiger partial charge in [-0.2, -0.15) is 0 Å². The monoisotopic (exact) mass is 371 g/mol. The first-order chi connectivity index (χ1) is 13.1. The van der Waals surface area contributed by atoms with Gasteiger partial charge in [-0.15, -0.1) is 0 Å². The number of rotatable bonds is 9. The first kappa shape index (κ1) is 20.2. The molecule has 7 heteroatoms. The van der Waals surface area contributed by atoms with E-state index in [2.05, 4.69) is 22.5 Å². The summed E-state index contributed by atoms with van der Waals surface area (Å²) in [4.78, 5) is 28.8. The SMILES string of the molecule is CCCCCNC(=O)c1cc(C(=O)Nc2ccc(OC)cc2OC)ccn1. The number of carbonyl (C=O) groups excluding carboxylic acids is 2. The van der Waals surface area contributed by atoms with Crippen molar-refractivity contribution in [1.29, 1.82) is 0 Å². The molecule has 0 radical (unpaired) electrons. The molecule has 0 spiro atoms. The molecule has 27 heavy (non-hydrogen) atoms. The first-order valence-corrected chi connectivity index (χ1v) is 8.86. The van der Waals surface area contributed by atoms with Gasteiger partial charge in [0, 0.05) is 24.4 Å². The minimum Gasteiger partial charge on any atom is -0.497 e. The van der Waals surface area contributed by atoms with Crippen LogP contribution in [0.1, 0.15) is 47.0 Å². The maximum Gasteiger partial charge on any atom is 0.269 e. The molecule has 2 rings (SSSR count). The molecule has 144 valence electrons. The summed E-state index contributed by atoms with van der Waals surface area (Å²) in [6.07, 6.45) is 4.50. The number of nitrogens with one attached hydrogen (secondary N) is 2.